The van der Waals surface area contributed by atoms with Gasteiger partial charge in [0.2, 0.25) is 15.9 Å². The second kappa shape index (κ2) is 8.92. The zero-order valence-corrected chi connectivity index (χ0v) is 17.2. The molecule has 152 valence electrons. The van der Waals surface area contributed by atoms with E-state index in [2.05, 4.69) is 5.32 Å². The Bertz CT molecular complexity index is 868. The molecular formula is C21H28N2O4S. The van der Waals surface area contributed by atoms with Crippen molar-refractivity contribution in [3.63, 3.8) is 0 Å². The van der Waals surface area contributed by atoms with Crippen molar-refractivity contribution in [2.24, 2.45) is 5.92 Å². The van der Waals surface area contributed by atoms with Crippen LogP contribution in [0, 0.1) is 12.8 Å². The van der Waals surface area contributed by atoms with Gasteiger partial charge >= 0.3 is 0 Å². The van der Waals surface area contributed by atoms with E-state index in [0.717, 1.165) is 11.3 Å². The second-order valence-corrected chi connectivity index (χ2v) is 9.55. The average molecular weight is 405 g/mol. The zero-order valence-electron chi connectivity index (χ0n) is 16.4. The molecule has 1 atom stereocenters. The molecule has 2 aromatic rings. The molecule has 1 aliphatic rings. The van der Waals surface area contributed by atoms with E-state index >= 15 is 0 Å². The molecular weight excluding hydrogens is 376 g/mol. The smallest absolute Gasteiger partial charge is 0.243 e. The molecule has 1 amide bonds. The molecule has 7 heteroatoms. The molecule has 1 N–H and O–H groups in total. The molecule has 1 aromatic heterocycles. The number of amides is 1. The second-order valence-electron chi connectivity index (χ2n) is 7.62. The Morgan fingerprint density at radius 1 is 1.21 bits per heavy atom. The SMILES string of the molecule is Cc1ccc(S(=O)(=O)N2CCC(CC(=O)N[C@H](C)Cc3ccco3)CC2)cc1. The molecule has 1 aromatic carbocycles. The highest BCUT2D eigenvalue weighted by Crippen LogP contribution is 2.26. The summed E-state index contributed by atoms with van der Waals surface area (Å²) in [5.41, 5.74) is 1.03. The predicted molar refractivity (Wildman–Crippen MR) is 107 cm³/mol. The summed E-state index contributed by atoms with van der Waals surface area (Å²) < 4.78 is 32.4. The van der Waals surface area contributed by atoms with Gasteiger partial charge in [0, 0.05) is 32.0 Å². The first-order valence-corrected chi connectivity index (χ1v) is 11.2. The number of piperidine rings is 1. The van der Waals surface area contributed by atoms with Crippen LogP contribution in [0.4, 0.5) is 0 Å². The number of benzene rings is 1. The van der Waals surface area contributed by atoms with Gasteiger partial charge in [-0.15, -0.1) is 0 Å². The Kier molecular flexibility index (Phi) is 6.57. The minimum absolute atomic E-state index is 0.000606. The summed E-state index contributed by atoms with van der Waals surface area (Å²) in [4.78, 5) is 12.6. The summed E-state index contributed by atoms with van der Waals surface area (Å²) >= 11 is 0. The lowest BCUT2D eigenvalue weighted by Crippen LogP contribution is -2.40. The average Bonchev–Trinajstić information content (AvgIpc) is 3.15. The zero-order chi connectivity index (χ0) is 20.1. The molecule has 0 aliphatic carbocycles. The molecule has 28 heavy (non-hydrogen) atoms. The van der Waals surface area contributed by atoms with Crippen LogP contribution in [0.5, 0.6) is 0 Å². The van der Waals surface area contributed by atoms with Gasteiger partial charge in [0.25, 0.3) is 0 Å². The van der Waals surface area contributed by atoms with E-state index in [9.17, 15) is 13.2 Å². The maximum absolute atomic E-state index is 12.8. The summed E-state index contributed by atoms with van der Waals surface area (Å²) in [5, 5.41) is 3.01. The van der Waals surface area contributed by atoms with Crippen LogP contribution < -0.4 is 5.32 Å². The minimum atomic E-state index is -3.46. The molecule has 0 bridgehead atoms. The van der Waals surface area contributed by atoms with Crippen molar-refractivity contribution in [1.82, 2.24) is 9.62 Å². The predicted octanol–water partition coefficient (Wildman–Crippen LogP) is 3.13. The third-order valence-electron chi connectivity index (χ3n) is 5.20. The first kappa shape index (κ1) is 20.6. The minimum Gasteiger partial charge on any atom is -0.469 e. The summed E-state index contributed by atoms with van der Waals surface area (Å²) in [6, 6.07) is 10.7. The number of carbonyl (C=O) groups is 1. The van der Waals surface area contributed by atoms with E-state index in [4.69, 9.17) is 4.42 Å². The van der Waals surface area contributed by atoms with E-state index in [1.807, 2.05) is 38.1 Å². The van der Waals surface area contributed by atoms with Crippen molar-refractivity contribution in [2.75, 3.05) is 13.1 Å². The van der Waals surface area contributed by atoms with Crippen molar-refractivity contribution >= 4 is 15.9 Å². The molecule has 0 saturated carbocycles. The van der Waals surface area contributed by atoms with Gasteiger partial charge in [-0.05, 0) is 56.9 Å². The topological polar surface area (TPSA) is 79.6 Å². The van der Waals surface area contributed by atoms with Gasteiger partial charge in [-0.25, -0.2) is 8.42 Å². The first-order valence-electron chi connectivity index (χ1n) is 9.73. The van der Waals surface area contributed by atoms with Crippen molar-refractivity contribution in [2.45, 2.75) is 50.5 Å². The summed E-state index contributed by atoms with van der Waals surface area (Å²) in [7, 11) is -3.46. The third kappa shape index (κ3) is 5.23. The van der Waals surface area contributed by atoms with Crippen LogP contribution >= 0.6 is 0 Å². The van der Waals surface area contributed by atoms with Crippen molar-refractivity contribution in [3.8, 4) is 0 Å². The standard InChI is InChI=1S/C21H28N2O4S/c1-16-5-7-20(8-6-16)28(25,26)23-11-9-18(10-12-23)15-21(24)22-17(2)14-19-4-3-13-27-19/h3-8,13,17-18H,9-12,14-15H2,1-2H3,(H,22,24)/t17-/m1/s1. The lowest BCUT2D eigenvalue weighted by molar-refractivity contribution is -0.122. The van der Waals surface area contributed by atoms with Crippen LogP contribution in [0.2, 0.25) is 0 Å². The Morgan fingerprint density at radius 3 is 2.50 bits per heavy atom. The Labute approximate surface area is 167 Å². The fraction of sp³-hybridized carbons (Fsp3) is 0.476. The molecule has 2 heterocycles. The van der Waals surface area contributed by atoms with Crippen LogP contribution in [0.1, 0.15) is 37.5 Å². The van der Waals surface area contributed by atoms with E-state index in [1.165, 1.54) is 4.31 Å². The van der Waals surface area contributed by atoms with Crippen molar-refractivity contribution < 1.29 is 17.6 Å². The van der Waals surface area contributed by atoms with Crippen LogP contribution in [-0.4, -0.2) is 37.8 Å². The van der Waals surface area contributed by atoms with Gasteiger partial charge in [0.05, 0.1) is 11.2 Å². The normalized spacial score (nSPS) is 17.4. The van der Waals surface area contributed by atoms with Crippen LogP contribution in [-0.2, 0) is 21.2 Å². The maximum atomic E-state index is 12.8. The number of hydrogen-bond donors (Lipinski definition) is 1. The van der Waals surface area contributed by atoms with Gasteiger partial charge in [0.15, 0.2) is 0 Å². The molecule has 1 aliphatic heterocycles. The lowest BCUT2D eigenvalue weighted by Gasteiger charge is -2.31. The summed E-state index contributed by atoms with van der Waals surface area (Å²) in [5.74, 6) is 1.07. The largest absolute Gasteiger partial charge is 0.469 e. The van der Waals surface area contributed by atoms with E-state index in [1.54, 1.807) is 18.4 Å². The number of carbonyl (C=O) groups excluding carboxylic acids is 1. The molecule has 0 spiro atoms. The van der Waals surface area contributed by atoms with Gasteiger partial charge in [0.1, 0.15) is 5.76 Å². The number of nitrogens with zero attached hydrogens (tertiary/aromatic N) is 1. The van der Waals surface area contributed by atoms with E-state index in [0.29, 0.717) is 43.7 Å². The molecule has 6 nitrogen and oxygen atoms in total. The number of sulfonamides is 1. The summed E-state index contributed by atoms with van der Waals surface area (Å²) in [6.45, 7) is 4.80. The first-order chi connectivity index (χ1) is 13.3. The Balaban J connectivity index is 1.47. The monoisotopic (exact) mass is 404 g/mol. The highest BCUT2D eigenvalue weighted by atomic mass is 32.2. The quantitative estimate of drug-likeness (QED) is 0.769. The van der Waals surface area contributed by atoms with Crippen LogP contribution in [0.15, 0.2) is 52.0 Å². The summed E-state index contributed by atoms with van der Waals surface area (Å²) in [6.07, 6.45) is 4.12. The molecule has 0 unspecified atom stereocenters. The molecule has 3 rings (SSSR count). The van der Waals surface area contributed by atoms with E-state index < -0.39 is 10.0 Å². The van der Waals surface area contributed by atoms with Gasteiger partial charge in [-0.1, -0.05) is 17.7 Å². The van der Waals surface area contributed by atoms with Crippen LogP contribution in [0.25, 0.3) is 0 Å². The van der Waals surface area contributed by atoms with Crippen molar-refractivity contribution in [1.29, 1.82) is 0 Å². The number of hydrogen-bond acceptors (Lipinski definition) is 4. The molecule has 0 radical (unpaired) electrons. The number of nitrogens with one attached hydrogen (secondary N) is 1. The highest BCUT2D eigenvalue weighted by molar-refractivity contribution is 7.89. The number of rotatable bonds is 7. The number of aryl methyl sites for hydroxylation is 1. The Hall–Kier alpha value is -2.12. The fourth-order valence-electron chi connectivity index (χ4n) is 3.59. The molecule has 1 saturated heterocycles. The number of furan rings is 1. The van der Waals surface area contributed by atoms with Crippen molar-refractivity contribution in [3.05, 3.63) is 54.0 Å². The fourth-order valence-corrected chi connectivity index (χ4v) is 5.06. The maximum Gasteiger partial charge on any atom is 0.243 e. The van der Waals surface area contributed by atoms with E-state index in [-0.39, 0.29) is 17.9 Å². The lowest BCUT2D eigenvalue weighted by atomic mass is 9.94. The Morgan fingerprint density at radius 2 is 1.89 bits per heavy atom. The molecule has 1 fully saturated rings. The van der Waals surface area contributed by atoms with Gasteiger partial charge in [-0.3, -0.25) is 4.79 Å². The van der Waals surface area contributed by atoms with Gasteiger partial charge < -0.3 is 9.73 Å². The van der Waals surface area contributed by atoms with Crippen LogP contribution in [0.3, 0.4) is 0 Å². The third-order valence-corrected chi connectivity index (χ3v) is 7.11. The van der Waals surface area contributed by atoms with Gasteiger partial charge in [-0.2, -0.15) is 4.31 Å². The highest BCUT2D eigenvalue weighted by Gasteiger charge is 2.30.